The van der Waals surface area contributed by atoms with E-state index in [1.165, 1.54) is 76.2 Å². The molecule has 1 aromatic rings. The van der Waals surface area contributed by atoms with Crippen molar-refractivity contribution in [3.8, 4) is 0 Å². The molecular formula is C24H36O. The Balaban J connectivity index is 1.45. The predicted molar refractivity (Wildman–Crippen MR) is 106 cm³/mol. The van der Waals surface area contributed by atoms with E-state index in [0.29, 0.717) is 0 Å². The molecule has 1 nitrogen and oxygen atoms in total. The summed E-state index contributed by atoms with van der Waals surface area (Å²) >= 11 is 0. The summed E-state index contributed by atoms with van der Waals surface area (Å²) in [5.74, 6) is 3.93. The minimum Gasteiger partial charge on any atom is -0.295 e. The Hall–Kier alpha value is -1.11. The average Bonchev–Trinajstić information content (AvgIpc) is 2.67. The van der Waals surface area contributed by atoms with E-state index in [1.807, 2.05) is 12.1 Å². The van der Waals surface area contributed by atoms with Crippen LogP contribution in [0.5, 0.6) is 0 Å². The Kier molecular flexibility index (Phi) is 6.73. The van der Waals surface area contributed by atoms with Gasteiger partial charge in [-0.2, -0.15) is 0 Å². The summed E-state index contributed by atoms with van der Waals surface area (Å²) < 4.78 is 0. The molecule has 0 bridgehead atoms. The highest BCUT2D eigenvalue weighted by atomic mass is 16.1. The highest BCUT2D eigenvalue weighted by molar-refractivity contribution is 5.94. The number of carbonyl (C=O) groups excluding carboxylic acids is 1. The molecule has 3 rings (SSSR count). The molecule has 2 aliphatic rings. The van der Waals surface area contributed by atoms with Crippen LogP contribution in [0.2, 0.25) is 0 Å². The smallest absolute Gasteiger partial charge is 0.159 e. The first kappa shape index (κ1) is 18.7. The molecule has 0 N–H and O–H groups in total. The molecule has 0 spiro atoms. The zero-order valence-electron chi connectivity index (χ0n) is 16.3. The lowest BCUT2D eigenvalue weighted by molar-refractivity contribution is 0.101. The van der Waals surface area contributed by atoms with Gasteiger partial charge in [0.2, 0.25) is 0 Å². The van der Waals surface area contributed by atoms with Crippen LogP contribution >= 0.6 is 0 Å². The molecule has 25 heavy (non-hydrogen) atoms. The van der Waals surface area contributed by atoms with Crippen molar-refractivity contribution in [2.45, 2.75) is 90.4 Å². The molecule has 0 aliphatic heterocycles. The molecular weight excluding hydrogens is 304 g/mol. The molecule has 0 amide bonds. The van der Waals surface area contributed by atoms with Gasteiger partial charge in [-0.1, -0.05) is 63.3 Å². The van der Waals surface area contributed by atoms with Gasteiger partial charge in [0.1, 0.15) is 0 Å². The van der Waals surface area contributed by atoms with Gasteiger partial charge in [0.05, 0.1) is 0 Å². The van der Waals surface area contributed by atoms with E-state index in [0.717, 1.165) is 29.2 Å². The van der Waals surface area contributed by atoms with Crippen LogP contribution in [0, 0.1) is 17.8 Å². The SMILES string of the molecule is CCCC[C@H]1CC[C@H]([C@H]2CC[C@H](c3ccc(C(C)=O)cc3)CC2)CC1. The van der Waals surface area contributed by atoms with E-state index in [9.17, 15) is 4.79 Å². The van der Waals surface area contributed by atoms with E-state index in [2.05, 4.69) is 19.1 Å². The summed E-state index contributed by atoms with van der Waals surface area (Å²) in [6.45, 7) is 3.97. The van der Waals surface area contributed by atoms with Crippen LogP contribution < -0.4 is 0 Å². The number of carbonyl (C=O) groups is 1. The van der Waals surface area contributed by atoms with Crippen LogP contribution in [-0.4, -0.2) is 5.78 Å². The number of Topliss-reactive ketones (excluding diaryl/α,β-unsaturated/α-hetero) is 1. The maximum atomic E-state index is 11.4. The third-order valence-corrected chi connectivity index (χ3v) is 7.08. The summed E-state index contributed by atoms with van der Waals surface area (Å²) in [6, 6.07) is 8.42. The standard InChI is InChI=1S/C24H36O/c1-3-4-5-19-6-8-21(9-7-19)23-14-16-24(17-15-23)22-12-10-20(11-13-22)18(2)25/h10-13,19,21,23-24H,3-9,14-17H2,1-2H3/t19-,21-,23-,24-. The Labute approximate surface area is 154 Å². The summed E-state index contributed by atoms with van der Waals surface area (Å²) in [5, 5.41) is 0. The molecule has 0 unspecified atom stereocenters. The van der Waals surface area contributed by atoms with Gasteiger partial charge >= 0.3 is 0 Å². The fourth-order valence-corrected chi connectivity index (χ4v) is 5.36. The minimum absolute atomic E-state index is 0.171. The largest absolute Gasteiger partial charge is 0.295 e. The Bertz CT molecular complexity index is 528. The van der Waals surface area contributed by atoms with Gasteiger partial charge in [-0.15, -0.1) is 0 Å². The maximum Gasteiger partial charge on any atom is 0.159 e. The summed E-state index contributed by atoms with van der Waals surface area (Å²) in [6.07, 6.45) is 15.8. The monoisotopic (exact) mass is 340 g/mol. The molecule has 0 heterocycles. The van der Waals surface area contributed by atoms with Crippen LogP contribution in [0.1, 0.15) is 106 Å². The third-order valence-electron chi connectivity index (χ3n) is 7.08. The lowest BCUT2D eigenvalue weighted by Gasteiger charge is -2.38. The van der Waals surface area contributed by atoms with Gasteiger partial charge in [-0.05, 0) is 74.7 Å². The summed E-state index contributed by atoms with van der Waals surface area (Å²) in [7, 11) is 0. The van der Waals surface area contributed by atoms with E-state index in [4.69, 9.17) is 0 Å². The van der Waals surface area contributed by atoms with Crippen molar-refractivity contribution in [1.82, 2.24) is 0 Å². The van der Waals surface area contributed by atoms with Gasteiger partial charge < -0.3 is 0 Å². The average molecular weight is 341 g/mol. The van der Waals surface area contributed by atoms with Crippen LogP contribution in [0.4, 0.5) is 0 Å². The van der Waals surface area contributed by atoms with Gasteiger partial charge in [-0.25, -0.2) is 0 Å². The number of benzene rings is 1. The highest BCUT2D eigenvalue weighted by Gasteiger charge is 2.31. The molecule has 0 aromatic heterocycles. The van der Waals surface area contributed by atoms with Gasteiger partial charge in [0, 0.05) is 5.56 Å². The molecule has 0 atom stereocenters. The van der Waals surface area contributed by atoms with Crippen LogP contribution in [0.3, 0.4) is 0 Å². The van der Waals surface area contributed by atoms with Crippen molar-refractivity contribution in [2.75, 3.05) is 0 Å². The first-order valence-corrected chi connectivity index (χ1v) is 10.8. The lowest BCUT2D eigenvalue weighted by Crippen LogP contribution is -2.25. The number of ketones is 1. The molecule has 1 heteroatoms. The van der Waals surface area contributed by atoms with Gasteiger partial charge in [0.25, 0.3) is 0 Å². The zero-order chi connectivity index (χ0) is 17.6. The minimum atomic E-state index is 0.171. The van der Waals surface area contributed by atoms with Crippen LogP contribution in [-0.2, 0) is 0 Å². The molecule has 2 aliphatic carbocycles. The van der Waals surface area contributed by atoms with Gasteiger partial charge in [-0.3, -0.25) is 4.79 Å². The van der Waals surface area contributed by atoms with E-state index >= 15 is 0 Å². The summed E-state index contributed by atoms with van der Waals surface area (Å²) in [4.78, 5) is 11.4. The molecule has 138 valence electrons. The number of hydrogen-bond acceptors (Lipinski definition) is 1. The third kappa shape index (κ3) is 4.96. The predicted octanol–water partition coefficient (Wildman–Crippen LogP) is 7.16. The number of hydrogen-bond donors (Lipinski definition) is 0. The second kappa shape index (κ2) is 9.01. The second-order valence-corrected chi connectivity index (χ2v) is 8.71. The van der Waals surface area contributed by atoms with E-state index in [-0.39, 0.29) is 5.78 Å². The Morgan fingerprint density at radius 2 is 1.44 bits per heavy atom. The topological polar surface area (TPSA) is 17.1 Å². The molecule has 1 aromatic carbocycles. The Morgan fingerprint density at radius 1 is 0.880 bits per heavy atom. The van der Waals surface area contributed by atoms with Crippen molar-refractivity contribution in [3.63, 3.8) is 0 Å². The summed E-state index contributed by atoms with van der Waals surface area (Å²) in [5.41, 5.74) is 2.30. The maximum absolute atomic E-state index is 11.4. The molecule has 0 saturated heterocycles. The van der Waals surface area contributed by atoms with Crippen molar-refractivity contribution in [1.29, 1.82) is 0 Å². The lowest BCUT2D eigenvalue weighted by atomic mass is 9.68. The number of unbranched alkanes of at least 4 members (excludes halogenated alkanes) is 1. The van der Waals surface area contributed by atoms with E-state index in [1.54, 1.807) is 6.92 Å². The first-order chi connectivity index (χ1) is 12.2. The Morgan fingerprint density at radius 3 is 1.96 bits per heavy atom. The van der Waals surface area contributed by atoms with E-state index < -0.39 is 0 Å². The fourth-order valence-electron chi connectivity index (χ4n) is 5.36. The van der Waals surface area contributed by atoms with Crippen molar-refractivity contribution in [3.05, 3.63) is 35.4 Å². The second-order valence-electron chi connectivity index (χ2n) is 8.71. The van der Waals surface area contributed by atoms with Crippen LogP contribution in [0.15, 0.2) is 24.3 Å². The van der Waals surface area contributed by atoms with Crippen molar-refractivity contribution < 1.29 is 4.79 Å². The van der Waals surface area contributed by atoms with Crippen LogP contribution in [0.25, 0.3) is 0 Å². The molecule has 0 radical (unpaired) electrons. The molecule has 2 fully saturated rings. The normalized spacial score (nSPS) is 30.2. The quantitative estimate of drug-likeness (QED) is 0.502. The van der Waals surface area contributed by atoms with Gasteiger partial charge in [0.15, 0.2) is 5.78 Å². The zero-order valence-corrected chi connectivity index (χ0v) is 16.3. The van der Waals surface area contributed by atoms with Crippen molar-refractivity contribution in [2.24, 2.45) is 17.8 Å². The molecule has 2 saturated carbocycles. The fraction of sp³-hybridized carbons (Fsp3) is 0.708. The first-order valence-electron chi connectivity index (χ1n) is 10.8. The van der Waals surface area contributed by atoms with Crippen molar-refractivity contribution >= 4 is 5.78 Å². The highest BCUT2D eigenvalue weighted by Crippen LogP contribution is 2.44. The number of rotatable bonds is 6.